The van der Waals surface area contributed by atoms with Gasteiger partial charge in [0.05, 0.1) is 10.6 Å². The lowest BCUT2D eigenvalue weighted by Gasteiger charge is -2.23. The minimum atomic E-state index is -4.07. The molecule has 34 heavy (non-hydrogen) atoms. The highest BCUT2D eigenvalue weighted by Gasteiger charge is 2.24. The molecule has 1 saturated heterocycles. The van der Waals surface area contributed by atoms with Gasteiger partial charge in [-0.1, -0.05) is 41.9 Å². The van der Waals surface area contributed by atoms with Gasteiger partial charge in [0, 0.05) is 22.5 Å². The van der Waals surface area contributed by atoms with Crippen LogP contribution in [-0.4, -0.2) is 39.5 Å². The Kier molecular flexibility index (Phi) is 7.52. The number of amides is 3. The van der Waals surface area contributed by atoms with Crippen LogP contribution in [0, 0.1) is 0 Å². The van der Waals surface area contributed by atoms with E-state index in [0.717, 1.165) is 29.8 Å². The quantitative estimate of drug-likeness (QED) is 0.392. The monoisotopic (exact) mass is 518 g/mol. The summed E-state index contributed by atoms with van der Waals surface area (Å²) in [5.41, 5.74) is 1.03. The predicted octanol–water partition coefficient (Wildman–Crippen LogP) is 4.06. The molecular formula is C23H23ClN4O4S2. The van der Waals surface area contributed by atoms with E-state index in [1.54, 1.807) is 36.4 Å². The summed E-state index contributed by atoms with van der Waals surface area (Å²) in [5.74, 6) is -0.333. The molecule has 1 unspecified atom stereocenters. The number of hydrogen-bond acceptors (Lipinski definition) is 6. The maximum Gasteiger partial charge on any atom is 0.333 e. The molecule has 1 aliphatic heterocycles. The summed E-state index contributed by atoms with van der Waals surface area (Å²) in [4.78, 5) is 26.6. The van der Waals surface area contributed by atoms with E-state index in [9.17, 15) is 18.0 Å². The Morgan fingerprint density at radius 1 is 1.06 bits per heavy atom. The lowest BCUT2D eigenvalue weighted by Crippen LogP contribution is -2.45. The summed E-state index contributed by atoms with van der Waals surface area (Å²) >= 11 is 7.19. The van der Waals surface area contributed by atoms with E-state index in [1.807, 2.05) is 16.9 Å². The first-order chi connectivity index (χ1) is 16.3. The highest BCUT2D eigenvalue weighted by Crippen LogP contribution is 2.35. The first kappa shape index (κ1) is 24.2. The Bertz CT molecular complexity index is 1270. The standard InChI is InChI=1S/C23H23ClN4O4S2/c24-16-10-8-15(9-11-16)20-13-19(21(33-20)22(29)26-17-5-4-12-25-14-17)27-23(30)28-34(31,32)18-6-2-1-3-7-18/h1-3,6-11,13,17,25H,4-5,12,14H2,(H,26,29)(H2,27,28,30). The van der Waals surface area contributed by atoms with Crippen molar-refractivity contribution in [2.24, 2.45) is 0 Å². The fraction of sp³-hybridized carbons (Fsp3) is 0.217. The summed E-state index contributed by atoms with van der Waals surface area (Å²) in [6, 6.07) is 15.3. The van der Waals surface area contributed by atoms with Crippen LogP contribution in [0.2, 0.25) is 5.02 Å². The molecule has 3 amide bonds. The van der Waals surface area contributed by atoms with Crippen LogP contribution in [0.5, 0.6) is 0 Å². The molecule has 3 aromatic rings. The molecule has 0 spiro atoms. The summed E-state index contributed by atoms with van der Waals surface area (Å²) in [6.07, 6.45) is 1.81. The lowest BCUT2D eigenvalue weighted by molar-refractivity contribution is 0.0935. The van der Waals surface area contributed by atoms with Crippen molar-refractivity contribution in [3.63, 3.8) is 0 Å². The fourth-order valence-corrected chi connectivity index (χ4v) is 5.64. The van der Waals surface area contributed by atoms with Gasteiger partial charge in [-0.2, -0.15) is 0 Å². The first-order valence-electron chi connectivity index (χ1n) is 10.6. The molecule has 0 aliphatic carbocycles. The second-order valence-corrected chi connectivity index (χ2v) is 10.9. The molecule has 1 atom stereocenters. The number of halogens is 1. The van der Waals surface area contributed by atoms with Crippen molar-refractivity contribution in [1.82, 2.24) is 15.4 Å². The Labute approximate surface area is 206 Å². The van der Waals surface area contributed by atoms with Gasteiger partial charge in [-0.05, 0) is 55.3 Å². The number of nitrogens with one attached hydrogen (secondary N) is 4. The third-order valence-corrected chi connectivity index (χ3v) is 8.01. The zero-order chi connectivity index (χ0) is 24.1. The molecule has 0 bridgehead atoms. The highest BCUT2D eigenvalue weighted by atomic mass is 35.5. The Hall–Kier alpha value is -2.92. The molecule has 2 aromatic carbocycles. The molecule has 8 nitrogen and oxygen atoms in total. The molecule has 1 aliphatic rings. The first-order valence-corrected chi connectivity index (χ1v) is 13.3. The van der Waals surface area contributed by atoms with Crippen LogP contribution in [0.25, 0.3) is 10.4 Å². The van der Waals surface area contributed by atoms with Crippen LogP contribution in [-0.2, 0) is 10.0 Å². The third-order valence-electron chi connectivity index (χ3n) is 5.23. The van der Waals surface area contributed by atoms with Gasteiger partial charge in [-0.15, -0.1) is 11.3 Å². The van der Waals surface area contributed by atoms with Crippen LogP contribution in [0.1, 0.15) is 22.5 Å². The zero-order valence-electron chi connectivity index (χ0n) is 18.0. The van der Waals surface area contributed by atoms with E-state index in [-0.39, 0.29) is 27.4 Å². The van der Waals surface area contributed by atoms with Crippen LogP contribution in [0.4, 0.5) is 10.5 Å². The van der Waals surface area contributed by atoms with Crippen molar-refractivity contribution in [3.8, 4) is 10.4 Å². The third kappa shape index (κ3) is 5.95. The number of thiophene rings is 1. The molecular weight excluding hydrogens is 496 g/mol. The Morgan fingerprint density at radius 2 is 1.79 bits per heavy atom. The van der Waals surface area contributed by atoms with Crippen molar-refractivity contribution in [2.45, 2.75) is 23.8 Å². The average Bonchev–Trinajstić information content (AvgIpc) is 3.24. The van der Waals surface area contributed by atoms with E-state index in [4.69, 9.17) is 11.6 Å². The Morgan fingerprint density at radius 3 is 2.47 bits per heavy atom. The van der Waals surface area contributed by atoms with Crippen LogP contribution < -0.4 is 20.7 Å². The number of sulfonamides is 1. The number of carbonyl (C=O) groups excluding carboxylic acids is 2. The van der Waals surface area contributed by atoms with Crippen LogP contribution in [0.15, 0.2) is 65.6 Å². The van der Waals surface area contributed by atoms with Crippen molar-refractivity contribution in [3.05, 3.63) is 70.6 Å². The molecule has 1 aromatic heterocycles. The second kappa shape index (κ2) is 10.6. The van der Waals surface area contributed by atoms with Gasteiger partial charge >= 0.3 is 6.03 Å². The van der Waals surface area contributed by atoms with E-state index in [1.165, 1.54) is 23.5 Å². The number of urea groups is 1. The largest absolute Gasteiger partial charge is 0.347 e. The number of hydrogen-bond donors (Lipinski definition) is 4. The number of carbonyl (C=O) groups is 2. The highest BCUT2D eigenvalue weighted by molar-refractivity contribution is 7.90. The minimum absolute atomic E-state index is 0.0255. The number of benzene rings is 2. The van der Waals surface area contributed by atoms with Gasteiger partial charge < -0.3 is 16.0 Å². The van der Waals surface area contributed by atoms with Crippen molar-refractivity contribution < 1.29 is 18.0 Å². The predicted molar refractivity (Wildman–Crippen MR) is 134 cm³/mol. The van der Waals surface area contributed by atoms with Gasteiger partial charge in [0.2, 0.25) is 0 Å². The van der Waals surface area contributed by atoms with Crippen LogP contribution >= 0.6 is 22.9 Å². The van der Waals surface area contributed by atoms with Crippen molar-refractivity contribution in [2.75, 3.05) is 18.4 Å². The normalized spacial score (nSPS) is 16.0. The maximum absolute atomic E-state index is 13.1. The molecule has 4 rings (SSSR count). The van der Waals surface area contributed by atoms with Crippen LogP contribution in [0.3, 0.4) is 0 Å². The van der Waals surface area contributed by atoms with Crippen molar-refractivity contribution in [1.29, 1.82) is 0 Å². The molecule has 4 N–H and O–H groups in total. The second-order valence-electron chi connectivity index (χ2n) is 7.75. The van der Waals surface area contributed by atoms with Gasteiger partial charge in [-0.25, -0.2) is 17.9 Å². The molecule has 11 heteroatoms. The molecule has 1 fully saturated rings. The molecule has 2 heterocycles. The SMILES string of the molecule is O=C(Nc1cc(-c2ccc(Cl)cc2)sc1C(=O)NC1CCCNC1)NS(=O)(=O)c1ccccc1. The van der Waals surface area contributed by atoms with Gasteiger partial charge in [0.25, 0.3) is 15.9 Å². The summed E-state index contributed by atoms with van der Waals surface area (Å²) < 4.78 is 27.0. The van der Waals surface area contributed by atoms with Gasteiger partial charge in [0.15, 0.2) is 0 Å². The zero-order valence-corrected chi connectivity index (χ0v) is 20.4. The Balaban J connectivity index is 1.58. The number of anilines is 1. The fourth-order valence-electron chi connectivity index (χ4n) is 3.56. The summed E-state index contributed by atoms with van der Waals surface area (Å²) in [7, 11) is -4.07. The molecule has 178 valence electrons. The summed E-state index contributed by atoms with van der Waals surface area (Å²) in [5, 5.41) is 9.35. The number of rotatable bonds is 6. The van der Waals surface area contributed by atoms with Crippen molar-refractivity contribution >= 4 is 50.6 Å². The molecule has 0 radical (unpaired) electrons. The smallest absolute Gasteiger partial charge is 0.333 e. The van der Waals surface area contributed by atoms with Gasteiger partial charge in [0.1, 0.15) is 4.88 Å². The van der Waals surface area contributed by atoms with E-state index < -0.39 is 16.1 Å². The van der Waals surface area contributed by atoms with E-state index >= 15 is 0 Å². The minimum Gasteiger partial charge on any atom is -0.347 e. The lowest BCUT2D eigenvalue weighted by atomic mass is 10.1. The number of piperidine rings is 1. The van der Waals surface area contributed by atoms with E-state index in [2.05, 4.69) is 16.0 Å². The maximum atomic E-state index is 13.1. The average molecular weight is 519 g/mol. The van der Waals surface area contributed by atoms with Gasteiger partial charge in [-0.3, -0.25) is 4.79 Å². The topological polar surface area (TPSA) is 116 Å². The summed E-state index contributed by atoms with van der Waals surface area (Å²) in [6.45, 7) is 1.58. The van der Waals surface area contributed by atoms with E-state index in [0.29, 0.717) is 11.6 Å². The molecule has 0 saturated carbocycles.